The van der Waals surface area contributed by atoms with Gasteiger partial charge in [-0.1, -0.05) is 36.4 Å². The van der Waals surface area contributed by atoms with Gasteiger partial charge >= 0.3 is 5.97 Å². The first-order chi connectivity index (χ1) is 19.9. The summed E-state index contributed by atoms with van der Waals surface area (Å²) in [5.74, 6) is -1.10. The molecule has 0 saturated carbocycles. The normalized spacial score (nSPS) is 13.7. The van der Waals surface area contributed by atoms with Gasteiger partial charge in [-0.05, 0) is 56.9 Å². The average Bonchev–Trinajstić information content (AvgIpc) is 3.25. The van der Waals surface area contributed by atoms with Crippen LogP contribution in [0.1, 0.15) is 28.4 Å². The van der Waals surface area contributed by atoms with Crippen LogP contribution in [0, 0.1) is 0 Å². The Hall–Kier alpha value is -4.68. The quantitative estimate of drug-likeness (QED) is 0.240. The molecule has 0 radical (unpaired) electrons. The number of benzene rings is 3. The van der Waals surface area contributed by atoms with Crippen LogP contribution in [0.15, 0.2) is 66.7 Å². The number of hydrogen-bond donors (Lipinski definition) is 3. The van der Waals surface area contributed by atoms with Gasteiger partial charge in [-0.2, -0.15) is 0 Å². The van der Waals surface area contributed by atoms with Crippen molar-refractivity contribution >= 4 is 61.8 Å². The van der Waals surface area contributed by atoms with Crippen LogP contribution in [0.25, 0.3) is 11.3 Å². The number of amides is 2. The Labute approximate surface area is 245 Å². The van der Waals surface area contributed by atoms with E-state index in [0.29, 0.717) is 45.0 Å². The van der Waals surface area contributed by atoms with Crippen molar-refractivity contribution in [2.45, 2.75) is 6.92 Å². The number of fused-ring (bicyclic) bond motifs is 1. The summed E-state index contributed by atoms with van der Waals surface area (Å²) < 4.78 is 32.1. The minimum Gasteiger partial charge on any atom is -0.462 e. The van der Waals surface area contributed by atoms with E-state index in [4.69, 9.17) is 4.74 Å². The van der Waals surface area contributed by atoms with Gasteiger partial charge in [0.25, 0.3) is 5.91 Å². The molecule has 3 aromatic carbocycles. The highest BCUT2D eigenvalue weighted by Gasteiger charge is 2.30. The Morgan fingerprint density at radius 2 is 1.67 bits per heavy atom. The van der Waals surface area contributed by atoms with Crippen molar-refractivity contribution in [3.05, 3.63) is 83.4 Å². The maximum absolute atomic E-state index is 13.3. The number of likely N-dealkylation sites (N-methyl/N-ethyl adjacent to an activating group) is 2. The predicted molar refractivity (Wildman–Crippen MR) is 165 cm³/mol. The highest BCUT2D eigenvalue weighted by molar-refractivity contribution is 7.92. The molecule has 0 atom stereocenters. The molecule has 12 heteroatoms. The molecular weight excluding hydrogens is 558 g/mol. The first-order valence-corrected chi connectivity index (χ1v) is 15.0. The average molecular weight is 592 g/mol. The maximum atomic E-state index is 13.3. The van der Waals surface area contributed by atoms with Crippen LogP contribution in [-0.4, -0.2) is 71.7 Å². The van der Waals surface area contributed by atoms with Gasteiger partial charge in [0.2, 0.25) is 15.9 Å². The number of nitrogens with zero attached hydrogens (tertiary/aromatic N) is 2. The third kappa shape index (κ3) is 6.96. The van der Waals surface area contributed by atoms with Crippen LogP contribution in [0.3, 0.4) is 0 Å². The second kappa shape index (κ2) is 12.5. The van der Waals surface area contributed by atoms with Gasteiger partial charge < -0.3 is 25.2 Å². The van der Waals surface area contributed by atoms with Gasteiger partial charge in [-0.25, -0.2) is 13.2 Å². The van der Waals surface area contributed by atoms with Gasteiger partial charge in [-0.15, -0.1) is 0 Å². The maximum Gasteiger partial charge on any atom is 0.338 e. The predicted octanol–water partition coefficient (Wildman–Crippen LogP) is 3.69. The summed E-state index contributed by atoms with van der Waals surface area (Å²) in [6, 6.07) is 18.9. The molecule has 1 aliphatic heterocycles. The number of esters is 1. The number of anilines is 4. The fourth-order valence-corrected chi connectivity index (χ4v) is 5.05. The van der Waals surface area contributed by atoms with Gasteiger partial charge in [0.1, 0.15) is 0 Å². The van der Waals surface area contributed by atoms with Crippen molar-refractivity contribution in [3.63, 3.8) is 0 Å². The standard InChI is InChI=1S/C30H33N5O6S/c1-6-41-30(38)20-12-14-22-23(16-20)32-29(37)27(22)28(19-10-8-7-9-11-19)31-21-13-15-25(24(17-21)33-42(5,39)40)35(4)26(36)18-34(2)3/h7-17,31,33H,6,18H2,1-5H3,(H,32,37). The molecule has 11 nitrogen and oxygen atoms in total. The molecule has 0 spiro atoms. The second-order valence-corrected chi connectivity index (χ2v) is 11.7. The molecule has 0 bridgehead atoms. The Morgan fingerprint density at radius 1 is 0.952 bits per heavy atom. The van der Waals surface area contributed by atoms with Crippen molar-refractivity contribution in [2.24, 2.45) is 0 Å². The van der Waals surface area contributed by atoms with E-state index < -0.39 is 16.0 Å². The van der Waals surface area contributed by atoms with E-state index in [1.54, 1.807) is 69.4 Å². The summed E-state index contributed by atoms with van der Waals surface area (Å²) in [6.45, 7) is 2.07. The van der Waals surface area contributed by atoms with Crippen LogP contribution in [0.5, 0.6) is 0 Å². The molecule has 4 rings (SSSR count). The van der Waals surface area contributed by atoms with Gasteiger partial charge in [0.15, 0.2) is 0 Å². The Bertz CT molecular complexity index is 1670. The van der Waals surface area contributed by atoms with E-state index in [-0.39, 0.29) is 30.7 Å². The largest absolute Gasteiger partial charge is 0.462 e. The molecule has 220 valence electrons. The Kier molecular flexibility index (Phi) is 8.98. The lowest BCUT2D eigenvalue weighted by Crippen LogP contribution is -2.35. The van der Waals surface area contributed by atoms with E-state index in [1.807, 2.05) is 30.3 Å². The van der Waals surface area contributed by atoms with Crippen LogP contribution in [-0.2, 0) is 24.3 Å². The molecule has 2 amide bonds. The van der Waals surface area contributed by atoms with Crippen molar-refractivity contribution in [1.82, 2.24) is 4.90 Å². The van der Waals surface area contributed by atoms with Gasteiger partial charge in [0.05, 0.1) is 53.3 Å². The van der Waals surface area contributed by atoms with E-state index in [9.17, 15) is 22.8 Å². The number of rotatable bonds is 10. The monoisotopic (exact) mass is 591 g/mol. The summed E-state index contributed by atoms with van der Waals surface area (Å²) in [4.78, 5) is 41.5. The SMILES string of the molecule is CCOC(=O)c1ccc2c(c1)NC(=O)C2=C(Nc1ccc(N(C)C(=O)CN(C)C)c(NS(C)(=O)=O)c1)c1ccccc1. The molecule has 0 aliphatic carbocycles. The number of ether oxygens (including phenoxy) is 1. The van der Waals surface area contributed by atoms with Crippen molar-refractivity contribution in [3.8, 4) is 0 Å². The van der Waals surface area contributed by atoms with E-state index >= 15 is 0 Å². The zero-order valence-corrected chi connectivity index (χ0v) is 24.8. The lowest BCUT2D eigenvalue weighted by Gasteiger charge is -2.24. The molecule has 1 aliphatic rings. The molecule has 3 aromatic rings. The van der Waals surface area contributed by atoms with E-state index in [2.05, 4.69) is 15.4 Å². The van der Waals surface area contributed by atoms with Crippen molar-refractivity contribution < 1.29 is 27.5 Å². The van der Waals surface area contributed by atoms with Gasteiger partial charge in [0, 0.05) is 18.3 Å². The molecule has 0 aromatic heterocycles. The molecule has 0 saturated heterocycles. The van der Waals surface area contributed by atoms with Crippen LogP contribution >= 0.6 is 0 Å². The topological polar surface area (TPSA) is 137 Å². The number of hydrogen-bond acceptors (Lipinski definition) is 8. The van der Waals surface area contributed by atoms with E-state index in [1.165, 1.54) is 4.90 Å². The Balaban J connectivity index is 1.82. The minimum atomic E-state index is -3.70. The van der Waals surface area contributed by atoms with Crippen LogP contribution in [0.2, 0.25) is 0 Å². The van der Waals surface area contributed by atoms with Crippen LogP contribution < -0.4 is 20.3 Å². The number of sulfonamides is 1. The smallest absolute Gasteiger partial charge is 0.338 e. The fraction of sp³-hybridized carbons (Fsp3) is 0.233. The molecular formula is C30H33N5O6S. The number of nitrogens with one attached hydrogen (secondary N) is 3. The molecule has 3 N–H and O–H groups in total. The lowest BCUT2D eigenvalue weighted by atomic mass is 9.99. The third-order valence-electron chi connectivity index (χ3n) is 6.34. The molecule has 42 heavy (non-hydrogen) atoms. The third-order valence-corrected chi connectivity index (χ3v) is 6.93. The highest BCUT2D eigenvalue weighted by Crippen LogP contribution is 2.39. The van der Waals surface area contributed by atoms with E-state index in [0.717, 1.165) is 6.26 Å². The molecule has 0 fully saturated rings. The zero-order valence-electron chi connectivity index (χ0n) is 24.0. The molecule has 0 unspecified atom stereocenters. The number of carbonyl (C=O) groups is 3. The van der Waals surface area contributed by atoms with Gasteiger partial charge in [-0.3, -0.25) is 14.3 Å². The highest BCUT2D eigenvalue weighted by atomic mass is 32.2. The minimum absolute atomic E-state index is 0.130. The number of carbonyl (C=O) groups excluding carboxylic acids is 3. The first kappa shape index (κ1) is 30.3. The summed E-state index contributed by atoms with van der Waals surface area (Å²) in [5, 5.41) is 6.13. The van der Waals surface area contributed by atoms with Crippen molar-refractivity contribution in [1.29, 1.82) is 0 Å². The Morgan fingerprint density at radius 3 is 2.31 bits per heavy atom. The van der Waals surface area contributed by atoms with Crippen LogP contribution in [0.4, 0.5) is 22.7 Å². The molecule has 1 heterocycles. The van der Waals surface area contributed by atoms with Crippen molar-refractivity contribution in [2.75, 3.05) is 60.8 Å². The second-order valence-electron chi connectivity index (χ2n) is 9.97. The summed E-state index contributed by atoms with van der Waals surface area (Å²) in [5.41, 5.74) is 3.88. The first-order valence-electron chi connectivity index (χ1n) is 13.1. The summed E-state index contributed by atoms with van der Waals surface area (Å²) in [6.07, 6.45) is 1.03. The fourth-order valence-electron chi connectivity index (χ4n) is 4.49. The summed E-state index contributed by atoms with van der Waals surface area (Å²) >= 11 is 0. The lowest BCUT2D eigenvalue weighted by molar-refractivity contribution is -0.119. The summed E-state index contributed by atoms with van der Waals surface area (Å²) in [7, 11) is 1.41. The zero-order chi connectivity index (χ0) is 30.6.